The number of hydrogen-bond donors (Lipinski definition) is 0. The highest BCUT2D eigenvalue weighted by molar-refractivity contribution is 6.22. The van der Waals surface area contributed by atoms with E-state index in [1.54, 1.807) is 0 Å². The molecule has 232 valence electrons. The number of para-hydroxylation sites is 1. The first-order valence-electron chi connectivity index (χ1n) is 17.1. The van der Waals surface area contributed by atoms with Crippen molar-refractivity contribution < 1.29 is 0 Å². The standard InChI is InChI=1S/C48H30N2/c1-3-11-33-25-37(19-17-31(33)9-1)47-41-14-6-7-15-42(41)48(38-20-18-32-10-2-4-12-34(32)26-38)44-28-35(21-23-43(44)47)39-22-24-46(49-29-39)40-27-36-13-5-8-16-45(36)50-30-40/h1-30H. The van der Waals surface area contributed by atoms with Crippen LogP contribution in [-0.4, -0.2) is 9.97 Å². The number of benzene rings is 8. The molecule has 0 aliphatic heterocycles. The Bertz CT molecular complexity index is 2920. The van der Waals surface area contributed by atoms with Crippen molar-refractivity contribution in [3.05, 3.63) is 182 Å². The summed E-state index contributed by atoms with van der Waals surface area (Å²) < 4.78 is 0. The van der Waals surface area contributed by atoms with Crippen molar-refractivity contribution in [1.82, 2.24) is 9.97 Å². The highest BCUT2D eigenvalue weighted by Crippen LogP contribution is 2.45. The van der Waals surface area contributed by atoms with E-state index in [9.17, 15) is 0 Å². The molecule has 0 saturated heterocycles. The number of rotatable bonds is 4. The lowest BCUT2D eigenvalue weighted by Crippen LogP contribution is -1.92. The average molecular weight is 635 g/mol. The molecule has 2 heterocycles. The molecule has 50 heavy (non-hydrogen) atoms. The smallest absolute Gasteiger partial charge is 0.0718 e. The molecule has 0 aliphatic rings. The predicted molar refractivity (Wildman–Crippen MR) is 211 cm³/mol. The van der Waals surface area contributed by atoms with Gasteiger partial charge < -0.3 is 0 Å². The summed E-state index contributed by atoms with van der Waals surface area (Å²) in [5, 5.41) is 11.0. The minimum Gasteiger partial charge on any atom is -0.256 e. The number of aromatic nitrogens is 2. The zero-order valence-corrected chi connectivity index (χ0v) is 27.2. The van der Waals surface area contributed by atoms with Crippen LogP contribution in [0.25, 0.3) is 98.6 Å². The molecule has 10 aromatic rings. The molecule has 0 fully saturated rings. The van der Waals surface area contributed by atoms with E-state index in [1.807, 2.05) is 30.6 Å². The Morgan fingerprint density at radius 1 is 0.280 bits per heavy atom. The summed E-state index contributed by atoms with van der Waals surface area (Å²) in [5.74, 6) is 0. The van der Waals surface area contributed by atoms with E-state index in [-0.39, 0.29) is 0 Å². The molecule has 8 aromatic carbocycles. The van der Waals surface area contributed by atoms with Crippen LogP contribution in [0.3, 0.4) is 0 Å². The van der Waals surface area contributed by atoms with Crippen molar-refractivity contribution in [1.29, 1.82) is 0 Å². The molecule has 0 N–H and O–H groups in total. The monoisotopic (exact) mass is 634 g/mol. The Hall–Kier alpha value is -6.64. The van der Waals surface area contributed by atoms with Gasteiger partial charge >= 0.3 is 0 Å². The maximum absolute atomic E-state index is 4.93. The van der Waals surface area contributed by atoms with Gasteiger partial charge in [-0.2, -0.15) is 0 Å². The van der Waals surface area contributed by atoms with Gasteiger partial charge in [0.05, 0.1) is 11.2 Å². The molecule has 0 unspecified atom stereocenters. The fourth-order valence-corrected chi connectivity index (χ4v) is 7.62. The molecule has 0 radical (unpaired) electrons. The lowest BCUT2D eigenvalue weighted by molar-refractivity contribution is 1.31. The van der Waals surface area contributed by atoms with Crippen LogP contribution in [0.5, 0.6) is 0 Å². The van der Waals surface area contributed by atoms with Gasteiger partial charge in [0, 0.05) is 28.9 Å². The highest BCUT2D eigenvalue weighted by Gasteiger charge is 2.18. The van der Waals surface area contributed by atoms with Crippen molar-refractivity contribution in [2.75, 3.05) is 0 Å². The topological polar surface area (TPSA) is 25.8 Å². The molecule has 0 saturated carbocycles. The SMILES string of the molecule is c1ccc2cc(-c3c4ccccc4c(-c4ccc5ccccc5c4)c4cc(-c5ccc(-c6cnc7ccccc7c6)nc5)ccc34)ccc2c1. The Labute approximate surface area is 290 Å². The molecule has 2 aromatic heterocycles. The van der Waals surface area contributed by atoms with Gasteiger partial charge in [-0.1, -0.05) is 133 Å². The third-order valence-electron chi connectivity index (χ3n) is 10.1. The van der Waals surface area contributed by atoms with Crippen molar-refractivity contribution in [3.8, 4) is 44.6 Å². The Morgan fingerprint density at radius 2 is 0.780 bits per heavy atom. The van der Waals surface area contributed by atoms with Gasteiger partial charge in [-0.25, -0.2) is 0 Å². The molecule has 2 heteroatoms. The van der Waals surface area contributed by atoms with E-state index in [0.717, 1.165) is 33.3 Å². The summed E-state index contributed by atoms with van der Waals surface area (Å²) in [6, 6.07) is 61.4. The average Bonchev–Trinajstić information content (AvgIpc) is 3.19. The normalized spacial score (nSPS) is 11.6. The van der Waals surface area contributed by atoms with Crippen LogP contribution >= 0.6 is 0 Å². The summed E-state index contributed by atoms with van der Waals surface area (Å²) in [6.45, 7) is 0. The molecular formula is C48H30N2. The zero-order valence-electron chi connectivity index (χ0n) is 27.2. The first-order valence-corrected chi connectivity index (χ1v) is 17.1. The first kappa shape index (κ1) is 28.4. The number of hydrogen-bond acceptors (Lipinski definition) is 2. The fourth-order valence-electron chi connectivity index (χ4n) is 7.62. The molecule has 0 amide bonds. The lowest BCUT2D eigenvalue weighted by atomic mass is 9.84. The van der Waals surface area contributed by atoms with Gasteiger partial charge in [0.25, 0.3) is 0 Å². The molecule has 0 spiro atoms. The van der Waals surface area contributed by atoms with Crippen molar-refractivity contribution in [2.45, 2.75) is 0 Å². The van der Waals surface area contributed by atoms with Gasteiger partial charge in [-0.15, -0.1) is 0 Å². The van der Waals surface area contributed by atoms with Crippen LogP contribution < -0.4 is 0 Å². The summed E-state index contributed by atoms with van der Waals surface area (Å²) in [5.41, 5.74) is 10.1. The zero-order chi connectivity index (χ0) is 33.0. The predicted octanol–water partition coefficient (Wildman–Crippen LogP) is 12.9. The third kappa shape index (κ3) is 4.73. The number of nitrogens with zero attached hydrogens (tertiary/aromatic N) is 2. The quantitative estimate of drug-likeness (QED) is 0.180. The molecule has 0 atom stereocenters. The van der Waals surface area contributed by atoms with Gasteiger partial charge in [-0.05, 0) is 107 Å². The Morgan fingerprint density at radius 3 is 1.44 bits per heavy atom. The van der Waals surface area contributed by atoms with E-state index in [1.165, 1.54) is 65.3 Å². The van der Waals surface area contributed by atoms with E-state index in [0.29, 0.717) is 0 Å². The van der Waals surface area contributed by atoms with Crippen LogP contribution in [0.15, 0.2) is 182 Å². The summed E-state index contributed by atoms with van der Waals surface area (Å²) >= 11 is 0. The van der Waals surface area contributed by atoms with E-state index in [4.69, 9.17) is 4.98 Å². The second-order valence-corrected chi connectivity index (χ2v) is 13.0. The molecule has 10 rings (SSSR count). The second kappa shape index (κ2) is 11.5. The van der Waals surface area contributed by atoms with Crippen LogP contribution in [0.2, 0.25) is 0 Å². The van der Waals surface area contributed by atoms with Gasteiger partial charge in [0.15, 0.2) is 0 Å². The summed E-state index contributed by atoms with van der Waals surface area (Å²) in [4.78, 5) is 9.60. The summed E-state index contributed by atoms with van der Waals surface area (Å²) in [7, 11) is 0. The molecule has 2 nitrogen and oxygen atoms in total. The molecule has 0 bridgehead atoms. The lowest BCUT2D eigenvalue weighted by Gasteiger charge is -2.19. The summed E-state index contributed by atoms with van der Waals surface area (Å²) in [6.07, 6.45) is 3.91. The fraction of sp³-hybridized carbons (Fsp3) is 0. The Kier molecular flexibility index (Phi) is 6.53. The maximum atomic E-state index is 4.93. The van der Waals surface area contributed by atoms with Crippen LogP contribution in [-0.2, 0) is 0 Å². The largest absolute Gasteiger partial charge is 0.256 e. The number of fused-ring (bicyclic) bond motifs is 5. The second-order valence-electron chi connectivity index (χ2n) is 13.0. The van der Waals surface area contributed by atoms with Crippen molar-refractivity contribution in [2.24, 2.45) is 0 Å². The Balaban J connectivity index is 1.20. The number of pyridine rings is 2. The van der Waals surface area contributed by atoms with Crippen LogP contribution in [0.1, 0.15) is 0 Å². The van der Waals surface area contributed by atoms with Crippen molar-refractivity contribution >= 4 is 54.0 Å². The van der Waals surface area contributed by atoms with E-state index in [2.05, 4.69) is 157 Å². The highest BCUT2D eigenvalue weighted by atomic mass is 14.7. The molecule has 0 aliphatic carbocycles. The van der Waals surface area contributed by atoms with Gasteiger partial charge in [0.2, 0.25) is 0 Å². The maximum Gasteiger partial charge on any atom is 0.0718 e. The van der Waals surface area contributed by atoms with E-state index < -0.39 is 0 Å². The minimum absolute atomic E-state index is 0.911. The van der Waals surface area contributed by atoms with Crippen molar-refractivity contribution in [3.63, 3.8) is 0 Å². The van der Waals surface area contributed by atoms with Gasteiger partial charge in [-0.3, -0.25) is 9.97 Å². The van der Waals surface area contributed by atoms with Crippen LogP contribution in [0.4, 0.5) is 0 Å². The first-order chi connectivity index (χ1) is 24.8. The van der Waals surface area contributed by atoms with Crippen LogP contribution in [0, 0.1) is 0 Å². The minimum atomic E-state index is 0.911. The van der Waals surface area contributed by atoms with Gasteiger partial charge in [0.1, 0.15) is 0 Å². The van der Waals surface area contributed by atoms with E-state index >= 15 is 0 Å². The third-order valence-corrected chi connectivity index (χ3v) is 10.1. The molecular weight excluding hydrogens is 605 g/mol.